The Labute approximate surface area is 119 Å². The number of piperidine rings is 1. The number of benzene rings is 1. The van der Waals surface area contributed by atoms with Gasteiger partial charge in [0.25, 0.3) is 0 Å². The molecule has 1 aliphatic heterocycles. The zero-order valence-electron chi connectivity index (χ0n) is 11.9. The molecule has 0 radical (unpaired) electrons. The Kier molecular flexibility index (Phi) is 4.26. The Balaban J connectivity index is 2.21. The largest absolute Gasteiger partial charge is 0.370 e. The van der Waals surface area contributed by atoms with Gasteiger partial charge in [-0.2, -0.15) is 5.26 Å². The van der Waals surface area contributed by atoms with Crippen LogP contribution in [0.25, 0.3) is 0 Å². The van der Waals surface area contributed by atoms with Crippen molar-refractivity contribution in [2.75, 3.05) is 18.0 Å². The number of carbonyl (C=O) groups is 1. The van der Waals surface area contributed by atoms with Crippen molar-refractivity contribution in [3.63, 3.8) is 0 Å². The number of hydrogen-bond acceptors (Lipinski definition) is 4. The highest BCUT2D eigenvalue weighted by Gasteiger charge is 2.26. The van der Waals surface area contributed by atoms with Crippen LogP contribution in [0.3, 0.4) is 0 Å². The van der Waals surface area contributed by atoms with E-state index in [2.05, 4.69) is 16.4 Å². The predicted molar refractivity (Wildman–Crippen MR) is 77.9 cm³/mol. The number of nitrogens with zero attached hydrogens (tertiary/aromatic N) is 2. The quantitative estimate of drug-likeness (QED) is 0.484. The van der Waals surface area contributed by atoms with Gasteiger partial charge in [-0.3, -0.25) is 10.2 Å². The average molecular weight is 272 g/mol. The van der Waals surface area contributed by atoms with Crippen molar-refractivity contribution in [2.24, 2.45) is 11.8 Å². The van der Waals surface area contributed by atoms with Gasteiger partial charge in [0.05, 0.1) is 11.3 Å². The number of hydrogen-bond donors (Lipinski definition) is 2. The minimum absolute atomic E-state index is 0.0214. The van der Waals surface area contributed by atoms with Crippen molar-refractivity contribution in [1.82, 2.24) is 5.43 Å². The summed E-state index contributed by atoms with van der Waals surface area (Å²) >= 11 is 0. The Morgan fingerprint density at radius 3 is 2.50 bits per heavy atom. The smallest absolute Gasteiger partial charge is 0.237 e. The summed E-state index contributed by atoms with van der Waals surface area (Å²) < 4.78 is 0. The maximum Gasteiger partial charge on any atom is 0.237 e. The topological polar surface area (TPSA) is 82.2 Å². The lowest BCUT2D eigenvalue weighted by Crippen LogP contribution is -2.43. The van der Waals surface area contributed by atoms with E-state index in [0.29, 0.717) is 0 Å². The van der Waals surface area contributed by atoms with Crippen molar-refractivity contribution < 1.29 is 4.79 Å². The van der Waals surface area contributed by atoms with E-state index >= 15 is 0 Å². The molecule has 0 aliphatic carbocycles. The van der Waals surface area contributed by atoms with E-state index in [-0.39, 0.29) is 11.8 Å². The van der Waals surface area contributed by atoms with E-state index in [9.17, 15) is 10.1 Å². The van der Waals surface area contributed by atoms with Crippen molar-refractivity contribution >= 4 is 11.6 Å². The lowest BCUT2D eigenvalue weighted by molar-refractivity contribution is -0.125. The zero-order chi connectivity index (χ0) is 14.7. The fraction of sp³-hybridized carbons (Fsp3) is 0.467. The van der Waals surface area contributed by atoms with Gasteiger partial charge in [-0.1, -0.05) is 12.1 Å². The molecule has 1 aromatic rings. The van der Waals surface area contributed by atoms with Gasteiger partial charge in [-0.05, 0) is 37.8 Å². The van der Waals surface area contributed by atoms with Crippen LogP contribution in [0.1, 0.15) is 29.5 Å². The first-order valence-electron chi connectivity index (χ1n) is 6.84. The number of carbonyl (C=O) groups excluding carboxylic acids is 1. The van der Waals surface area contributed by atoms with Gasteiger partial charge in [-0.25, -0.2) is 5.84 Å². The van der Waals surface area contributed by atoms with Crippen LogP contribution in [0.2, 0.25) is 0 Å². The van der Waals surface area contributed by atoms with Crippen molar-refractivity contribution in [1.29, 1.82) is 5.26 Å². The Bertz CT molecular complexity index is 554. The van der Waals surface area contributed by atoms with E-state index in [1.807, 2.05) is 26.0 Å². The molecule has 3 N–H and O–H groups in total. The van der Waals surface area contributed by atoms with Crippen LogP contribution in [-0.4, -0.2) is 19.0 Å². The summed E-state index contributed by atoms with van der Waals surface area (Å²) in [5.74, 6) is 5.07. The summed E-state index contributed by atoms with van der Waals surface area (Å²) in [6.45, 7) is 5.53. The molecule has 0 saturated carbocycles. The summed E-state index contributed by atoms with van der Waals surface area (Å²) in [5.41, 5.74) is 6.08. The monoisotopic (exact) mass is 272 g/mol. The molecule has 1 fully saturated rings. The van der Waals surface area contributed by atoms with E-state index in [1.54, 1.807) is 0 Å². The molecule has 0 spiro atoms. The summed E-state index contributed by atoms with van der Waals surface area (Å²) in [5, 5.41) is 9.38. The van der Waals surface area contributed by atoms with Gasteiger partial charge in [0.1, 0.15) is 6.07 Å². The first kappa shape index (κ1) is 14.4. The fourth-order valence-electron chi connectivity index (χ4n) is 2.83. The van der Waals surface area contributed by atoms with Crippen molar-refractivity contribution in [2.45, 2.75) is 26.7 Å². The number of amides is 1. The molecule has 0 aromatic heterocycles. The van der Waals surface area contributed by atoms with E-state index in [4.69, 9.17) is 5.84 Å². The van der Waals surface area contributed by atoms with Crippen molar-refractivity contribution in [3.8, 4) is 6.07 Å². The number of hydrazine groups is 1. The van der Waals surface area contributed by atoms with Gasteiger partial charge in [0.2, 0.25) is 5.91 Å². The third kappa shape index (κ3) is 2.61. The zero-order valence-corrected chi connectivity index (χ0v) is 11.9. The Morgan fingerprint density at radius 2 is 1.95 bits per heavy atom. The SMILES string of the molecule is Cc1ccc(C)c(N2CCC(C(=O)NN)CC2)c1C#N. The molecule has 0 unspecified atom stereocenters. The number of nitrogens with one attached hydrogen (secondary N) is 1. The minimum Gasteiger partial charge on any atom is -0.370 e. The number of aryl methyl sites for hydroxylation is 2. The van der Waals surface area contributed by atoms with Gasteiger partial charge in [0, 0.05) is 19.0 Å². The molecule has 1 amide bonds. The molecule has 20 heavy (non-hydrogen) atoms. The standard InChI is InChI=1S/C15H20N4O/c1-10-3-4-11(2)14(13(10)9-16)19-7-5-12(6-8-19)15(20)18-17/h3-4,12H,5-8,17H2,1-2H3,(H,18,20). The molecule has 1 heterocycles. The van der Waals surface area contributed by atoms with Gasteiger partial charge < -0.3 is 4.90 Å². The molecule has 106 valence electrons. The Hall–Kier alpha value is -2.06. The highest BCUT2D eigenvalue weighted by molar-refractivity contribution is 5.78. The molecule has 0 atom stereocenters. The molecule has 1 aliphatic rings. The molecule has 5 nitrogen and oxygen atoms in total. The summed E-state index contributed by atoms with van der Waals surface area (Å²) in [4.78, 5) is 13.8. The molecular formula is C15H20N4O. The Morgan fingerprint density at radius 1 is 1.35 bits per heavy atom. The lowest BCUT2D eigenvalue weighted by Gasteiger charge is -2.34. The molecule has 2 rings (SSSR count). The highest BCUT2D eigenvalue weighted by Crippen LogP contribution is 2.31. The first-order chi connectivity index (χ1) is 9.58. The summed E-state index contributed by atoms with van der Waals surface area (Å²) in [6.07, 6.45) is 1.53. The number of rotatable bonds is 2. The minimum atomic E-state index is -0.0916. The average Bonchev–Trinajstić information content (AvgIpc) is 2.48. The summed E-state index contributed by atoms with van der Waals surface area (Å²) in [7, 11) is 0. The molecular weight excluding hydrogens is 252 g/mol. The number of nitrogens with two attached hydrogens (primary N) is 1. The van der Waals surface area contributed by atoms with Gasteiger partial charge in [-0.15, -0.1) is 0 Å². The van der Waals surface area contributed by atoms with Crippen molar-refractivity contribution in [3.05, 3.63) is 28.8 Å². The lowest BCUT2D eigenvalue weighted by atomic mass is 9.94. The van der Waals surface area contributed by atoms with Crippen LogP contribution in [-0.2, 0) is 4.79 Å². The molecule has 1 saturated heterocycles. The van der Waals surface area contributed by atoms with Crippen LogP contribution in [0.4, 0.5) is 5.69 Å². The second kappa shape index (κ2) is 5.93. The van der Waals surface area contributed by atoms with E-state index in [0.717, 1.165) is 48.3 Å². The predicted octanol–water partition coefficient (Wildman–Crippen LogP) is 1.38. The van der Waals surface area contributed by atoms with E-state index in [1.165, 1.54) is 0 Å². The van der Waals surface area contributed by atoms with Crippen LogP contribution in [0.5, 0.6) is 0 Å². The van der Waals surface area contributed by atoms with Crippen LogP contribution in [0, 0.1) is 31.1 Å². The van der Waals surface area contributed by atoms with Crippen LogP contribution in [0.15, 0.2) is 12.1 Å². The van der Waals surface area contributed by atoms with Gasteiger partial charge >= 0.3 is 0 Å². The summed E-state index contributed by atoms with van der Waals surface area (Å²) in [6, 6.07) is 6.33. The second-order valence-corrected chi connectivity index (χ2v) is 5.30. The fourth-order valence-corrected chi connectivity index (χ4v) is 2.83. The normalized spacial score (nSPS) is 15.8. The molecule has 0 bridgehead atoms. The number of anilines is 1. The van der Waals surface area contributed by atoms with Crippen LogP contribution >= 0.6 is 0 Å². The first-order valence-corrected chi connectivity index (χ1v) is 6.84. The molecule has 1 aromatic carbocycles. The van der Waals surface area contributed by atoms with Crippen LogP contribution < -0.4 is 16.2 Å². The van der Waals surface area contributed by atoms with E-state index < -0.39 is 0 Å². The van der Waals surface area contributed by atoms with Gasteiger partial charge in [0.15, 0.2) is 0 Å². The third-order valence-corrected chi connectivity index (χ3v) is 4.02. The third-order valence-electron chi connectivity index (χ3n) is 4.02. The number of nitriles is 1. The highest BCUT2D eigenvalue weighted by atomic mass is 16.2. The maximum atomic E-state index is 11.5. The molecule has 5 heteroatoms. The second-order valence-electron chi connectivity index (χ2n) is 5.30. The maximum absolute atomic E-state index is 11.5.